The molecule has 1 aromatic carbocycles. The first-order valence-corrected chi connectivity index (χ1v) is 11.6. The molecule has 158 valence electrons. The fraction of sp³-hybridized carbons (Fsp3) is 0.600. The van der Waals surface area contributed by atoms with Gasteiger partial charge in [-0.05, 0) is 49.9 Å². The lowest BCUT2D eigenvalue weighted by atomic mass is 10.1. The zero-order chi connectivity index (χ0) is 20.8. The van der Waals surface area contributed by atoms with E-state index in [1.54, 1.807) is 28.0 Å². The number of anilines is 1. The number of morpholine rings is 1. The summed E-state index contributed by atoms with van der Waals surface area (Å²) in [5, 5.41) is 0. The summed E-state index contributed by atoms with van der Waals surface area (Å²) in [7, 11) is -3.80. The van der Waals surface area contributed by atoms with Crippen LogP contribution in [0.25, 0.3) is 0 Å². The average Bonchev–Trinajstić information content (AvgIpc) is 3.31. The third-order valence-corrected chi connectivity index (χ3v) is 7.93. The van der Waals surface area contributed by atoms with Crippen molar-refractivity contribution >= 4 is 27.5 Å². The minimum absolute atomic E-state index is 0.00267. The van der Waals surface area contributed by atoms with Gasteiger partial charge in [0, 0.05) is 38.3 Å². The molecular formula is C20H27N3O5S. The lowest BCUT2D eigenvalue weighted by Gasteiger charge is -2.32. The highest BCUT2D eigenvalue weighted by atomic mass is 32.2. The molecule has 3 heterocycles. The number of rotatable bonds is 3. The van der Waals surface area contributed by atoms with Gasteiger partial charge in [-0.1, -0.05) is 0 Å². The summed E-state index contributed by atoms with van der Waals surface area (Å²) < 4.78 is 33.4. The predicted molar refractivity (Wildman–Crippen MR) is 107 cm³/mol. The van der Waals surface area contributed by atoms with Crippen LogP contribution in [-0.4, -0.2) is 74.4 Å². The SMILES string of the molecule is CC(=O)N1c2ccc(S(=O)(=O)N3CCCC3C(=O)N3CCOCC3)cc2CC1C. The summed E-state index contributed by atoms with van der Waals surface area (Å²) in [6.07, 6.45) is 1.82. The minimum atomic E-state index is -3.80. The number of carbonyl (C=O) groups excluding carboxylic acids is 2. The first-order valence-electron chi connectivity index (χ1n) is 10.1. The van der Waals surface area contributed by atoms with E-state index < -0.39 is 16.1 Å². The number of carbonyl (C=O) groups is 2. The largest absolute Gasteiger partial charge is 0.378 e. The molecular weight excluding hydrogens is 394 g/mol. The Balaban J connectivity index is 1.60. The predicted octanol–water partition coefficient (Wildman–Crippen LogP) is 0.996. The molecule has 0 aromatic heterocycles. The van der Waals surface area contributed by atoms with E-state index in [9.17, 15) is 18.0 Å². The van der Waals surface area contributed by atoms with E-state index in [1.165, 1.54) is 11.2 Å². The summed E-state index contributed by atoms with van der Waals surface area (Å²) in [4.78, 5) is 28.5. The van der Waals surface area contributed by atoms with E-state index in [-0.39, 0.29) is 22.8 Å². The number of nitrogens with zero attached hydrogens (tertiary/aromatic N) is 3. The number of benzene rings is 1. The first-order chi connectivity index (χ1) is 13.8. The number of amides is 2. The van der Waals surface area contributed by atoms with Crippen molar-refractivity contribution in [3.8, 4) is 0 Å². The molecule has 2 amide bonds. The third-order valence-electron chi connectivity index (χ3n) is 6.02. The van der Waals surface area contributed by atoms with E-state index in [1.807, 2.05) is 6.92 Å². The molecule has 0 saturated carbocycles. The fourth-order valence-electron chi connectivity index (χ4n) is 4.65. The molecule has 3 aliphatic rings. The highest BCUT2D eigenvalue weighted by Gasteiger charge is 2.42. The van der Waals surface area contributed by atoms with Crippen molar-refractivity contribution in [2.75, 3.05) is 37.7 Å². The Morgan fingerprint density at radius 3 is 2.55 bits per heavy atom. The Hall–Kier alpha value is -1.97. The van der Waals surface area contributed by atoms with Crippen LogP contribution in [-0.2, 0) is 30.8 Å². The second kappa shape index (κ2) is 7.70. The second-order valence-electron chi connectivity index (χ2n) is 7.94. The zero-order valence-electron chi connectivity index (χ0n) is 16.8. The van der Waals surface area contributed by atoms with Crippen LogP contribution in [0.15, 0.2) is 23.1 Å². The van der Waals surface area contributed by atoms with Crippen molar-refractivity contribution < 1.29 is 22.7 Å². The molecule has 0 N–H and O–H groups in total. The van der Waals surface area contributed by atoms with Gasteiger partial charge >= 0.3 is 0 Å². The summed E-state index contributed by atoms with van der Waals surface area (Å²) in [5.74, 6) is -0.186. The summed E-state index contributed by atoms with van der Waals surface area (Å²) >= 11 is 0. The molecule has 9 heteroatoms. The van der Waals surface area contributed by atoms with Crippen molar-refractivity contribution in [3.05, 3.63) is 23.8 Å². The summed E-state index contributed by atoms with van der Waals surface area (Å²) in [6, 6.07) is 4.28. The van der Waals surface area contributed by atoms with Crippen molar-refractivity contribution in [1.29, 1.82) is 0 Å². The van der Waals surface area contributed by atoms with Gasteiger partial charge in [0.05, 0.1) is 18.1 Å². The lowest BCUT2D eigenvalue weighted by molar-refractivity contribution is -0.138. The number of fused-ring (bicyclic) bond motifs is 1. The Bertz CT molecular complexity index is 926. The zero-order valence-corrected chi connectivity index (χ0v) is 17.7. The van der Waals surface area contributed by atoms with Gasteiger partial charge in [0.2, 0.25) is 21.8 Å². The number of ether oxygens (including phenoxy) is 1. The maximum absolute atomic E-state index is 13.4. The van der Waals surface area contributed by atoms with E-state index in [2.05, 4.69) is 0 Å². The molecule has 1 aromatic rings. The average molecular weight is 422 g/mol. The molecule has 29 heavy (non-hydrogen) atoms. The summed E-state index contributed by atoms with van der Waals surface area (Å²) in [6.45, 7) is 5.79. The number of hydrogen-bond acceptors (Lipinski definition) is 5. The van der Waals surface area contributed by atoms with E-state index in [0.29, 0.717) is 52.1 Å². The van der Waals surface area contributed by atoms with Crippen molar-refractivity contribution in [1.82, 2.24) is 9.21 Å². The van der Waals surface area contributed by atoms with Crippen molar-refractivity contribution in [2.45, 2.75) is 50.1 Å². The standard InChI is InChI=1S/C20H27N3O5S/c1-14-12-16-13-17(5-6-18(16)23(14)15(2)24)29(26,27)22-7-3-4-19(22)20(25)21-8-10-28-11-9-21/h5-6,13-14,19H,3-4,7-12H2,1-2H3. The van der Waals surface area contributed by atoms with Crippen LogP contribution >= 0.6 is 0 Å². The van der Waals surface area contributed by atoms with Gasteiger partial charge in [0.1, 0.15) is 6.04 Å². The van der Waals surface area contributed by atoms with Crippen LogP contribution in [0.5, 0.6) is 0 Å². The minimum Gasteiger partial charge on any atom is -0.378 e. The normalized spacial score (nSPS) is 25.3. The molecule has 0 spiro atoms. The van der Waals surface area contributed by atoms with Crippen LogP contribution in [0.2, 0.25) is 0 Å². The van der Waals surface area contributed by atoms with Gasteiger partial charge < -0.3 is 14.5 Å². The number of sulfonamides is 1. The molecule has 4 rings (SSSR count). The Morgan fingerprint density at radius 1 is 1.14 bits per heavy atom. The topological polar surface area (TPSA) is 87.2 Å². The first kappa shape index (κ1) is 20.3. The quantitative estimate of drug-likeness (QED) is 0.727. The van der Waals surface area contributed by atoms with Crippen LogP contribution in [0.3, 0.4) is 0 Å². The molecule has 2 fully saturated rings. The van der Waals surface area contributed by atoms with Gasteiger partial charge in [0.15, 0.2) is 0 Å². The molecule has 2 saturated heterocycles. The van der Waals surface area contributed by atoms with Gasteiger partial charge in [-0.25, -0.2) is 8.42 Å². The smallest absolute Gasteiger partial charge is 0.243 e. The third kappa shape index (κ3) is 3.55. The van der Waals surface area contributed by atoms with E-state index >= 15 is 0 Å². The molecule has 8 nitrogen and oxygen atoms in total. The van der Waals surface area contributed by atoms with Gasteiger partial charge in [-0.15, -0.1) is 0 Å². The van der Waals surface area contributed by atoms with E-state index in [4.69, 9.17) is 4.74 Å². The highest BCUT2D eigenvalue weighted by Crippen LogP contribution is 2.35. The van der Waals surface area contributed by atoms with E-state index in [0.717, 1.165) is 11.3 Å². The lowest BCUT2D eigenvalue weighted by Crippen LogP contribution is -2.50. The Morgan fingerprint density at radius 2 is 1.86 bits per heavy atom. The fourth-order valence-corrected chi connectivity index (χ4v) is 6.35. The van der Waals surface area contributed by atoms with Crippen LogP contribution < -0.4 is 4.90 Å². The van der Waals surface area contributed by atoms with Crippen molar-refractivity contribution in [2.24, 2.45) is 0 Å². The van der Waals surface area contributed by atoms with Crippen LogP contribution in [0, 0.1) is 0 Å². The molecule has 0 bridgehead atoms. The Labute approximate surface area is 171 Å². The monoisotopic (exact) mass is 421 g/mol. The maximum atomic E-state index is 13.4. The van der Waals surface area contributed by atoms with Crippen LogP contribution in [0.1, 0.15) is 32.3 Å². The maximum Gasteiger partial charge on any atom is 0.243 e. The Kier molecular flexibility index (Phi) is 5.39. The van der Waals surface area contributed by atoms with Gasteiger partial charge in [-0.3, -0.25) is 9.59 Å². The van der Waals surface area contributed by atoms with Crippen molar-refractivity contribution in [3.63, 3.8) is 0 Å². The number of hydrogen-bond donors (Lipinski definition) is 0. The molecule has 3 aliphatic heterocycles. The summed E-state index contributed by atoms with van der Waals surface area (Å²) in [5.41, 5.74) is 1.62. The second-order valence-corrected chi connectivity index (χ2v) is 9.83. The molecule has 0 radical (unpaired) electrons. The molecule has 2 unspecified atom stereocenters. The molecule has 0 aliphatic carbocycles. The highest BCUT2D eigenvalue weighted by molar-refractivity contribution is 7.89. The molecule has 2 atom stereocenters. The van der Waals surface area contributed by atoms with Gasteiger partial charge in [-0.2, -0.15) is 4.31 Å². The van der Waals surface area contributed by atoms with Crippen LogP contribution in [0.4, 0.5) is 5.69 Å². The van der Waals surface area contributed by atoms with Gasteiger partial charge in [0.25, 0.3) is 0 Å².